The number of nitrogens with zero attached hydrogens (tertiary/aromatic N) is 7. The average Bonchev–Trinajstić information content (AvgIpc) is 4.06. The maximum Gasteiger partial charge on any atom is 2.00 e. The monoisotopic (exact) mass is 1080 g/mol. The van der Waals surface area contributed by atoms with E-state index in [4.69, 9.17) is 19.9 Å². The number of alkyl halides is 3. The summed E-state index contributed by atoms with van der Waals surface area (Å²) >= 11 is 5.34. The summed E-state index contributed by atoms with van der Waals surface area (Å²) in [7, 11) is 0. The third-order valence-electron chi connectivity index (χ3n) is 9.45. The van der Waals surface area contributed by atoms with Crippen molar-refractivity contribution in [1.82, 2.24) is 30.1 Å². The first kappa shape index (κ1) is 54.9. The first-order valence-corrected chi connectivity index (χ1v) is 21.8. The van der Waals surface area contributed by atoms with Gasteiger partial charge in [0.2, 0.25) is 0 Å². The van der Waals surface area contributed by atoms with Gasteiger partial charge in [0.15, 0.2) is 0 Å². The Hall–Kier alpha value is -7.70. The maximum atomic E-state index is 12.7. The van der Waals surface area contributed by atoms with Crippen LogP contribution >= 0.6 is 23.6 Å². The molecule has 0 N–H and O–H groups in total. The van der Waals surface area contributed by atoms with Crippen molar-refractivity contribution >= 4 is 66.8 Å². The van der Waals surface area contributed by atoms with Crippen LogP contribution in [0.4, 0.5) is 13.2 Å². The summed E-state index contributed by atoms with van der Waals surface area (Å²) in [6, 6.07) is 21.8. The molecule has 0 unspecified atom stereocenters. The predicted molar refractivity (Wildman–Crippen MR) is 255 cm³/mol. The Kier molecular flexibility index (Phi) is 22.4. The van der Waals surface area contributed by atoms with Gasteiger partial charge in [-0.1, -0.05) is 44.1 Å². The molecule has 21 heteroatoms. The van der Waals surface area contributed by atoms with E-state index in [1.165, 1.54) is 48.6 Å². The molecule has 7 rings (SSSR count). The van der Waals surface area contributed by atoms with E-state index in [9.17, 15) is 32.3 Å². The molecule has 358 valence electrons. The molecule has 15 nitrogen and oxygen atoms in total. The van der Waals surface area contributed by atoms with Crippen molar-refractivity contribution < 1.29 is 70.8 Å². The molecule has 1 aromatic carbocycles. The topological polar surface area (TPSA) is 206 Å². The fourth-order valence-corrected chi connectivity index (χ4v) is 7.38. The number of rotatable bonds is 20. The average molecular weight is 1080 g/mol. The Balaban J connectivity index is 0.000000307. The van der Waals surface area contributed by atoms with E-state index in [-0.39, 0.29) is 49.6 Å². The number of hydrogen-bond acceptors (Lipinski definition) is 15. The fraction of sp³-hybridized carbons (Fsp3) is 0.143. The van der Waals surface area contributed by atoms with Crippen LogP contribution in [-0.4, -0.2) is 56.1 Å². The zero-order valence-electron chi connectivity index (χ0n) is 36.7. The Morgan fingerprint density at radius 2 is 1.23 bits per heavy atom. The smallest absolute Gasteiger partial charge is 0.753 e. The van der Waals surface area contributed by atoms with Crippen molar-refractivity contribution in [3.05, 3.63) is 143 Å². The van der Waals surface area contributed by atoms with Gasteiger partial charge in [-0.15, -0.1) is 11.3 Å². The summed E-state index contributed by atoms with van der Waals surface area (Å²) in [6.45, 7) is 3.33. The van der Waals surface area contributed by atoms with Crippen molar-refractivity contribution in [2.24, 2.45) is 0 Å². The Morgan fingerprint density at radius 3 is 1.76 bits per heavy atom. The number of aryl methyl sites for hydroxylation is 1. The molecule has 0 saturated carbocycles. The second kappa shape index (κ2) is 28.6. The van der Waals surface area contributed by atoms with E-state index in [1.54, 1.807) is 96.7 Å². The summed E-state index contributed by atoms with van der Waals surface area (Å²) in [6.07, 6.45) is 11.7. The van der Waals surface area contributed by atoms with E-state index in [2.05, 4.69) is 65.2 Å². The molecule has 0 aliphatic heterocycles. The Morgan fingerprint density at radius 1 is 0.686 bits per heavy atom. The van der Waals surface area contributed by atoms with Gasteiger partial charge in [-0.2, -0.15) is 18.3 Å². The number of carbonyl (C=O) groups excluding carboxylic acids is 4. The van der Waals surface area contributed by atoms with Crippen LogP contribution in [0.15, 0.2) is 115 Å². The first-order chi connectivity index (χ1) is 33.5. The van der Waals surface area contributed by atoms with Crippen molar-refractivity contribution in [3.63, 3.8) is 0 Å². The predicted octanol–water partition coefficient (Wildman–Crippen LogP) is 10.9. The second-order valence-corrected chi connectivity index (χ2v) is 15.1. The van der Waals surface area contributed by atoms with Gasteiger partial charge < -0.3 is 34.6 Å². The second-order valence-electron chi connectivity index (χ2n) is 14.0. The molecule has 0 aliphatic rings. The van der Waals surface area contributed by atoms with Gasteiger partial charge in [-0.05, 0) is 137 Å². The number of carbonyl (C=O) groups is 4. The van der Waals surface area contributed by atoms with Crippen LogP contribution in [0.3, 0.4) is 0 Å². The Labute approximate surface area is 421 Å². The van der Waals surface area contributed by atoms with Crippen LogP contribution in [0.1, 0.15) is 55.0 Å². The number of aromatic nitrogens is 6. The van der Waals surface area contributed by atoms with Crippen molar-refractivity contribution in [2.45, 2.75) is 45.2 Å². The summed E-state index contributed by atoms with van der Waals surface area (Å²) in [5, 5.41) is 17.4. The molecule has 0 amide bonds. The molecule has 0 atom stereocenters. The molecule has 0 aliphatic carbocycles. The quantitative estimate of drug-likeness (QED) is 0.0174. The van der Waals surface area contributed by atoms with Crippen LogP contribution in [0.2, 0.25) is 0 Å². The first-order valence-electron chi connectivity index (χ1n) is 20.5. The van der Waals surface area contributed by atoms with Crippen molar-refractivity contribution in [3.8, 4) is 67.2 Å². The van der Waals surface area contributed by atoms with Crippen LogP contribution in [0.25, 0.3) is 73.3 Å². The molecule has 0 bridgehead atoms. The van der Waals surface area contributed by atoms with Crippen LogP contribution in [0, 0.1) is 0 Å². The molecule has 7 aromatic rings. The third-order valence-corrected chi connectivity index (χ3v) is 10.5. The molecule has 0 radical (unpaired) electrons. The molecule has 0 saturated heterocycles. The number of pyridine rings is 4. The van der Waals surface area contributed by atoms with Crippen molar-refractivity contribution in [1.29, 1.82) is 0 Å². The van der Waals surface area contributed by atoms with E-state index < -0.39 is 11.9 Å². The minimum absolute atomic E-state index is 0. The SMILES string of the molecule is CCCCCCc1ccsc1-c1ccnc(-c2cc(C(F)(F)F)n[n-]2)c1.O=CO/C=C/c1ccnc(-c2cc(-c3cc(OC=O)cc(OC=O)c3)cc(-c3cc(/C=C/OC=O)ccn3)n2)c1.[N-]=C=S.[Ru+2]. The molecule has 0 spiro atoms. The van der Waals surface area contributed by atoms with Crippen LogP contribution < -0.4 is 14.6 Å². The standard InChI is InChI=1S/C29H19N3O8.C19H19F3N3S.CNS.Ru/c33-16-37-7-3-20-1-5-30-26(9-20)28-13-23(22-11-24(39-18-35)15-25(12-22)40-19-36)14-29(32-28)27-10-21(2-6-31-27)4-8-38-17-34;1-2-3-4-5-6-13-8-10-26-18(13)14-7-9-23-15(11-14)16-12-17(25-24-16)19(20,21)22;2-1-3;/h1-19H;7-12H,2-6H2,1H3;;/q;2*-1;+2/b7-3+,8-4+;;;. The molecular weight excluding hydrogens is 1040 g/mol. The minimum Gasteiger partial charge on any atom is -0.753 e. The van der Waals surface area contributed by atoms with Gasteiger partial charge in [-0.3, -0.25) is 34.1 Å². The number of thiophene rings is 1. The normalized spacial score (nSPS) is 10.6. The number of hydrogen-bond donors (Lipinski definition) is 0. The fourth-order valence-electron chi connectivity index (χ4n) is 6.42. The molecule has 0 fully saturated rings. The third kappa shape index (κ3) is 16.5. The van der Waals surface area contributed by atoms with Gasteiger partial charge in [-0.25, -0.2) is 4.98 Å². The van der Waals surface area contributed by atoms with Gasteiger partial charge in [0.05, 0.1) is 41.0 Å². The van der Waals surface area contributed by atoms with Gasteiger partial charge in [0, 0.05) is 29.5 Å². The molecule has 70 heavy (non-hydrogen) atoms. The van der Waals surface area contributed by atoms with Gasteiger partial charge >= 0.3 is 25.7 Å². The number of isothiocyanates is 1. The Bertz CT molecular complexity index is 2830. The van der Waals surface area contributed by atoms with Crippen LogP contribution in [-0.2, 0) is 60.7 Å². The van der Waals surface area contributed by atoms with Crippen LogP contribution in [0.5, 0.6) is 11.5 Å². The van der Waals surface area contributed by atoms with E-state index in [0.29, 0.717) is 63.7 Å². The summed E-state index contributed by atoms with van der Waals surface area (Å²) < 4.78 is 57.4. The van der Waals surface area contributed by atoms with E-state index in [1.807, 2.05) is 6.07 Å². The minimum atomic E-state index is -4.50. The molecule has 6 aromatic heterocycles. The molecular formula is C49H38F3N7O8RuS2. The summed E-state index contributed by atoms with van der Waals surface area (Å²) in [5.41, 5.74) is 6.25. The summed E-state index contributed by atoms with van der Waals surface area (Å²) in [4.78, 5) is 61.9. The molecule has 6 heterocycles. The zero-order valence-corrected chi connectivity index (χ0v) is 40.0. The van der Waals surface area contributed by atoms with Gasteiger partial charge in [0.25, 0.3) is 25.9 Å². The maximum absolute atomic E-state index is 12.7. The van der Waals surface area contributed by atoms with E-state index >= 15 is 0 Å². The largest absolute Gasteiger partial charge is 2.00 e. The number of halogens is 3. The summed E-state index contributed by atoms with van der Waals surface area (Å²) in [5.74, 6) is 0.315. The number of thiocarbonyl (C=S) groups is 1. The number of ether oxygens (including phenoxy) is 4. The van der Waals surface area contributed by atoms with Crippen molar-refractivity contribution in [2.75, 3.05) is 0 Å². The number of benzene rings is 1. The number of unbranched alkanes of at least 4 members (excludes halogenated alkanes) is 3. The van der Waals surface area contributed by atoms with Gasteiger partial charge in [0.1, 0.15) is 17.2 Å². The van der Waals surface area contributed by atoms with E-state index in [0.717, 1.165) is 29.3 Å². The zero-order chi connectivity index (χ0) is 49.4.